The first-order valence-electron chi connectivity index (χ1n) is 5.58. The van der Waals surface area contributed by atoms with Gasteiger partial charge in [-0.05, 0) is 29.0 Å². The zero-order chi connectivity index (χ0) is 12.4. The fraction of sp³-hybridized carbons (Fsp3) is 0.300. The summed E-state index contributed by atoms with van der Waals surface area (Å²) in [5, 5.41) is 14.9. The van der Waals surface area contributed by atoms with E-state index in [0.717, 1.165) is 6.42 Å². The van der Waals surface area contributed by atoms with E-state index < -0.39 is 0 Å². The van der Waals surface area contributed by atoms with Gasteiger partial charge in [0.2, 0.25) is 0 Å². The fourth-order valence-electron chi connectivity index (χ4n) is 1.80. The number of rotatable bonds is 4. The van der Waals surface area contributed by atoms with Crippen LogP contribution in [0.25, 0.3) is 5.52 Å². The van der Waals surface area contributed by atoms with Crippen LogP contribution in [0, 0.1) is 0 Å². The molecule has 0 bridgehead atoms. The number of nitrogens with zero attached hydrogens (tertiary/aromatic N) is 7. The van der Waals surface area contributed by atoms with Crippen molar-refractivity contribution in [3.05, 3.63) is 41.3 Å². The van der Waals surface area contributed by atoms with E-state index in [1.165, 1.54) is 4.68 Å². The molecule has 0 saturated carbocycles. The van der Waals surface area contributed by atoms with Crippen molar-refractivity contribution in [3.63, 3.8) is 0 Å². The molecule has 0 N–H and O–H groups in total. The second-order valence-electron chi connectivity index (χ2n) is 3.89. The second kappa shape index (κ2) is 4.40. The highest BCUT2D eigenvalue weighted by Crippen LogP contribution is 1.96. The summed E-state index contributed by atoms with van der Waals surface area (Å²) in [6.45, 7) is 1.20. The Kier molecular flexibility index (Phi) is 2.60. The summed E-state index contributed by atoms with van der Waals surface area (Å²) in [7, 11) is 0. The SMILES string of the molecule is O=c1c2cccn2cnn1CCCn1cnnn1. The van der Waals surface area contributed by atoms with E-state index in [0.29, 0.717) is 18.6 Å². The molecule has 0 atom stereocenters. The maximum atomic E-state index is 12.0. The van der Waals surface area contributed by atoms with E-state index >= 15 is 0 Å². The van der Waals surface area contributed by atoms with Crippen molar-refractivity contribution in [3.8, 4) is 0 Å². The molecule has 0 radical (unpaired) electrons. The van der Waals surface area contributed by atoms with Crippen LogP contribution in [-0.4, -0.2) is 34.4 Å². The molecule has 0 aliphatic carbocycles. The Morgan fingerprint density at radius 2 is 2.17 bits per heavy atom. The van der Waals surface area contributed by atoms with Crippen molar-refractivity contribution in [1.29, 1.82) is 0 Å². The first-order chi connectivity index (χ1) is 8.84. The maximum absolute atomic E-state index is 12.0. The average molecular weight is 245 g/mol. The molecule has 92 valence electrons. The third-order valence-corrected chi connectivity index (χ3v) is 2.70. The van der Waals surface area contributed by atoms with E-state index in [-0.39, 0.29) is 5.56 Å². The van der Waals surface area contributed by atoms with Gasteiger partial charge in [-0.3, -0.25) is 4.79 Å². The van der Waals surface area contributed by atoms with Crippen molar-refractivity contribution in [2.75, 3.05) is 0 Å². The summed E-state index contributed by atoms with van der Waals surface area (Å²) < 4.78 is 4.79. The Balaban J connectivity index is 1.74. The minimum atomic E-state index is -0.0841. The number of fused-ring (bicyclic) bond motifs is 1. The van der Waals surface area contributed by atoms with E-state index in [9.17, 15) is 4.79 Å². The third-order valence-electron chi connectivity index (χ3n) is 2.70. The molecule has 0 spiro atoms. The molecule has 0 unspecified atom stereocenters. The summed E-state index contributed by atoms with van der Waals surface area (Å²) >= 11 is 0. The second-order valence-corrected chi connectivity index (χ2v) is 3.89. The molecular formula is C10H11N7O. The lowest BCUT2D eigenvalue weighted by Gasteiger charge is -2.04. The number of hydrogen-bond acceptors (Lipinski definition) is 5. The Bertz CT molecular complexity index is 696. The Hall–Kier alpha value is -2.51. The smallest absolute Gasteiger partial charge is 0.290 e. The summed E-state index contributed by atoms with van der Waals surface area (Å²) in [5.41, 5.74) is 0.548. The highest BCUT2D eigenvalue weighted by atomic mass is 16.1. The molecule has 3 rings (SSSR count). The number of hydrogen-bond donors (Lipinski definition) is 0. The summed E-state index contributed by atoms with van der Waals surface area (Å²) in [6, 6.07) is 3.60. The van der Waals surface area contributed by atoms with Gasteiger partial charge in [-0.2, -0.15) is 5.10 Å². The van der Waals surface area contributed by atoms with Crippen LogP contribution in [0.15, 0.2) is 35.8 Å². The van der Waals surface area contributed by atoms with E-state index in [4.69, 9.17) is 0 Å². The highest BCUT2D eigenvalue weighted by molar-refractivity contribution is 5.43. The average Bonchev–Trinajstić information content (AvgIpc) is 3.02. The molecular weight excluding hydrogens is 234 g/mol. The molecule has 0 saturated heterocycles. The molecule has 8 heteroatoms. The van der Waals surface area contributed by atoms with Gasteiger partial charge >= 0.3 is 0 Å². The quantitative estimate of drug-likeness (QED) is 0.623. The predicted molar refractivity (Wildman–Crippen MR) is 61.9 cm³/mol. The van der Waals surface area contributed by atoms with Gasteiger partial charge in [-0.15, -0.1) is 5.10 Å². The molecule has 0 amide bonds. The Morgan fingerprint density at radius 1 is 1.22 bits per heavy atom. The third kappa shape index (κ3) is 1.88. The Morgan fingerprint density at radius 3 is 3.00 bits per heavy atom. The van der Waals surface area contributed by atoms with Crippen LogP contribution in [-0.2, 0) is 13.1 Å². The zero-order valence-corrected chi connectivity index (χ0v) is 9.55. The first kappa shape index (κ1) is 10.6. The Labute approximate surface area is 101 Å². The van der Waals surface area contributed by atoms with E-state index in [1.54, 1.807) is 34.0 Å². The van der Waals surface area contributed by atoms with Crippen LogP contribution in [0.1, 0.15) is 6.42 Å². The molecule has 0 aliphatic heterocycles. The van der Waals surface area contributed by atoms with Crippen molar-refractivity contribution in [2.45, 2.75) is 19.5 Å². The molecule has 8 nitrogen and oxygen atoms in total. The molecule has 0 fully saturated rings. The van der Waals surface area contributed by atoms with Crippen LogP contribution < -0.4 is 5.56 Å². The van der Waals surface area contributed by atoms with Crippen LogP contribution in [0.3, 0.4) is 0 Å². The van der Waals surface area contributed by atoms with Crippen LogP contribution in [0.5, 0.6) is 0 Å². The largest absolute Gasteiger partial charge is 0.301 e. The van der Waals surface area contributed by atoms with Gasteiger partial charge in [0, 0.05) is 19.3 Å². The van der Waals surface area contributed by atoms with Crippen LogP contribution >= 0.6 is 0 Å². The van der Waals surface area contributed by atoms with Gasteiger partial charge in [0.1, 0.15) is 18.2 Å². The summed E-state index contributed by atoms with van der Waals surface area (Å²) in [5.74, 6) is 0. The van der Waals surface area contributed by atoms with Gasteiger partial charge in [0.25, 0.3) is 5.56 Å². The molecule has 3 aromatic rings. The van der Waals surface area contributed by atoms with Crippen molar-refractivity contribution in [2.24, 2.45) is 0 Å². The van der Waals surface area contributed by atoms with Crippen molar-refractivity contribution in [1.82, 2.24) is 34.4 Å². The standard InChI is InChI=1S/C10H11N7O/c18-10-9-3-1-4-15(9)8-12-17(10)6-2-5-16-7-11-13-14-16/h1,3-4,7-8H,2,5-6H2. The number of aryl methyl sites for hydroxylation is 2. The minimum absolute atomic E-state index is 0.0841. The summed E-state index contributed by atoms with van der Waals surface area (Å²) in [6.07, 6.45) is 5.73. The van der Waals surface area contributed by atoms with Gasteiger partial charge < -0.3 is 4.40 Å². The van der Waals surface area contributed by atoms with Gasteiger partial charge in [-0.25, -0.2) is 9.36 Å². The van der Waals surface area contributed by atoms with Gasteiger partial charge in [0.05, 0.1) is 0 Å². The molecule has 3 heterocycles. The molecule has 18 heavy (non-hydrogen) atoms. The fourth-order valence-corrected chi connectivity index (χ4v) is 1.80. The van der Waals surface area contributed by atoms with E-state index in [2.05, 4.69) is 20.6 Å². The maximum Gasteiger partial charge on any atom is 0.290 e. The highest BCUT2D eigenvalue weighted by Gasteiger charge is 2.03. The topological polar surface area (TPSA) is 82.9 Å². The number of tetrazole rings is 1. The first-order valence-corrected chi connectivity index (χ1v) is 5.58. The zero-order valence-electron chi connectivity index (χ0n) is 9.55. The van der Waals surface area contributed by atoms with Crippen molar-refractivity contribution < 1.29 is 0 Å². The normalized spacial score (nSPS) is 11.1. The molecule has 3 aromatic heterocycles. The molecule has 0 aliphatic rings. The van der Waals surface area contributed by atoms with E-state index in [1.807, 2.05) is 6.07 Å². The lowest BCUT2D eigenvalue weighted by Crippen LogP contribution is -2.24. The minimum Gasteiger partial charge on any atom is -0.301 e. The van der Waals surface area contributed by atoms with Crippen LogP contribution in [0.4, 0.5) is 0 Å². The van der Waals surface area contributed by atoms with Gasteiger partial charge in [0.15, 0.2) is 0 Å². The van der Waals surface area contributed by atoms with Crippen LogP contribution in [0.2, 0.25) is 0 Å². The summed E-state index contributed by atoms with van der Waals surface area (Å²) in [4.78, 5) is 12.0. The lowest BCUT2D eigenvalue weighted by atomic mass is 10.4. The predicted octanol–water partition coefficient (Wildman–Crippen LogP) is -0.427. The van der Waals surface area contributed by atoms with Crippen molar-refractivity contribution >= 4 is 5.52 Å². The lowest BCUT2D eigenvalue weighted by molar-refractivity contribution is 0.476. The monoisotopic (exact) mass is 245 g/mol. The molecule has 0 aromatic carbocycles. The van der Waals surface area contributed by atoms with Gasteiger partial charge in [-0.1, -0.05) is 0 Å². The number of aromatic nitrogens is 7.